The molecule has 2 rings (SSSR count). The second-order valence-corrected chi connectivity index (χ2v) is 5.43. The molecular weight excluding hydrogens is 318 g/mol. The van der Waals surface area contributed by atoms with Crippen LogP contribution in [0, 0.1) is 11.3 Å². The smallest absolute Gasteiger partial charge is 0.250 e. The van der Waals surface area contributed by atoms with Crippen LogP contribution in [-0.4, -0.2) is 25.0 Å². The predicted octanol–water partition coefficient (Wildman–Crippen LogP) is 2.39. The van der Waals surface area contributed by atoms with Crippen LogP contribution < -0.4 is 10.6 Å². The van der Waals surface area contributed by atoms with E-state index in [1.54, 1.807) is 24.3 Å². The fraction of sp³-hybridized carbons (Fsp3) is 0.211. The lowest BCUT2D eigenvalue weighted by molar-refractivity contribution is -0.129. The molecule has 2 aromatic rings. The number of carbonyl (C=O) groups is 2. The maximum Gasteiger partial charge on any atom is 0.250 e. The fourth-order valence-electron chi connectivity index (χ4n) is 2.17. The van der Waals surface area contributed by atoms with E-state index in [9.17, 15) is 9.59 Å². The third-order valence-corrected chi connectivity index (χ3v) is 3.44. The quantitative estimate of drug-likeness (QED) is 0.811. The lowest BCUT2D eigenvalue weighted by atomic mass is 10.1. The van der Waals surface area contributed by atoms with Gasteiger partial charge in [0.15, 0.2) is 0 Å². The van der Waals surface area contributed by atoms with E-state index in [2.05, 4.69) is 10.6 Å². The Morgan fingerprint density at radius 2 is 1.68 bits per heavy atom. The zero-order valence-corrected chi connectivity index (χ0v) is 13.9. The molecule has 1 atom stereocenters. The van der Waals surface area contributed by atoms with Crippen LogP contribution in [0.4, 0.5) is 5.69 Å². The highest BCUT2D eigenvalue weighted by atomic mass is 16.5. The van der Waals surface area contributed by atoms with Crippen molar-refractivity contribution >= 4 is 17.5 Å². The SMILES string of the molecule is CC(NC(=O)COCC(=O)Nc1ccc(C#N)cc1)c1ccccc1. The summed E-state index contributed by atoms with van der Waals surface area (Å²) in [5.41, 5.74) is 2.07. The van der Waals surface area contributed by atoms with Crippen LogP contribution in [0.3, 0.4) is 0 Å². The van der Waals surface area contributed by atoms with Crippen LogP contribution >= 0.6 is 0 Å². The summed E-state index contributed by atoms with van der Waals surface area (Å²) in [5.74, 6) is -0.656. The average molecular weight is 337 g/mol. The molecule has 0 spiro atoms. The Hall–Kier alpha value is -3.17. The summed E-state index contributed by atoms with van der Waals surface area (Å²) < 4.78 is 5.13. The minimum atomic E-state index is -0.367. The molecule has 0 bridgehead atoms. The summed E-state index contributed by atoms with van der Waals surface area (Å²) in [5, 5.41) is 14.2. The maximum atomic E-state index is 11.8. The van der Waals surface area contributed by atoms with Crippen molar-refractivity contribution in [2.24, 2.45) is 0 Å². The lowest BCUT2D eigenvalue weighted by Crippen LogP contribution is -2.31. The van der Waals surface area contributed by atoms with Crippen molar-refractivity contribution in [1.82, 2.24) is 5.32 Å². The van der Waals surface area contributed by atoms with Gasteiger partial charge in [0, 0.05) is 5.69 Å². The summed E-state index contributed by atoms with van der Waals surface area (Å²) in [4.78, 5) is 23.6. The van der Waals surface area contributed by atoms with Gasteiger partial charge < -0.3 is 15.4 Å². The fourth-order valence-corrected chi connectivity index (χ4v) is 2.17. The molecule has 1 unspecified atom stereocenters. The number of anilines is 1. The largest absolute Gasteiger partial charge is 0.362 e. The molecule has 0 aliphatic rings. The molecule has 128 valence electrons. The van der Waals surface area contributed by atoms with Gasteiger partial charge in [0.1, 0.15) is 13.2 Å². The molecule has 2 aromatic carbocycles. The normalized spacial score (nSPS) is 11.2. The van der Waals surface area contributed by atoms with Gasteiger partial charge in [-0.3, -0.25) is 9.59 Å². The average Bonchev–Trinajstić information content (AvgIpc) is 2.63. The molecule has 0 saturated carbocycles. The third-order valence-electron chi connectivity index (χ3n) is 3.44. The van der Waals surface area contributed by atoms with Gasteiger partial charge in [0.25, 0.3) is 0 Å². The molecule has 25 heavy (non-hydrogen) atoms. The summed E-state index contributed by atoms with van der Waals surface area (Å²) in [7, 11) is 0. The van der Waals surface area contributed by atoms with Gasteiger partial charge in [-0.2, -0.15) is 5.26 Å². The first-order valence-electron chi connectivity index (χ1n) is 7.80. The van der Waals surface area contributed by atoms with Crippen molar-refractivity contribution in [1.29, 1.82) is 5.26 Å². The van der Waals surface area contributed by atoms with E-state index >= 15 is 0 Å². The van der Waals surface area contributed by atoms with Gasteiger partial charge in [-0.05, 0) is 36.8 Å². The van der Waals surface area contributed by atoms with Gasteiger partial charge in [-0.15, -0.1) is 0 Å². The van der Waals surface area contributed by atoms with E-state index in [0.717, 1.165) is 5.56 Å². The molecule has 0 radical (unpaired) electrons. The van der Waals surface area contributed by atoms with E-state index in [4.69, 9.17) is 10.00 Å². The zero-order chi connectivity index (χ0) is 18.1. The number of benzene rings is 2. The van der Waals surface area contributed by atoms with Crippen molar-refractivity contribution in [3.05, 3.63) is 65.7 Å². The molecule has 6 heteroatoms. The number of nitrogens with zero attached hydrogens (tertiary/aromatic N) is 1. The highest BCUT2D eigenvalue weighted by molar-refractivity contribution is 5.91. The van der Waals surface area contributed by atoms with Crippen LogP contribution in [0.1, 0.15) is 24.1 Å². The molecule has 0 aromatic heterocycles. The first kappa shape index (κ1) is 18.2. The number of hydrogen-bond acceptors (Lipinski definition) is 4. The minimum Gasteiger partial charge on any atom is -0.362 e. The number of hydrogen-bond donors (Lipinski definition) is 2. The Bertz CT molecular complexity index is 752. The number of rotatable bonds is 7. The Balaban J connectivity index is 1.69. The first-order chi connectivity index (χ1) is 12.1. The van der Waals surface area contributed by atoms with Crippen LogP contribution in [0.5, 0.6) is 0 Å². The summed E-state index contributed by atoms with van der Waals surface area (Å²) in [6.45, 7) is 1.45. The van der Waals surface area contributed by atoms with Crippen molar-refractivity contribution < 1.29 is 14.3 Å². The summed E-state index contributed by atoms with van der Waals surface area (Å²) in [6.07, 6.45) is 0. The van der Waals surface area contributed by atoms with Crippen molar-refractivity contribution in [3.63, 3.8) is 0 Å². The molecule has 0 fully saturated rings. The van der Waals surface area contributed by atoms with Crippen LogP contribution in [0.15, 0.2) is 54.6 Å². The van der Waals surface area contributed by atoms with Crippen molar-refractivity contribution in [3.8, 4) is 6.07 Å². The molecule has 6 nitrogen and oxygen atoms in total. The first-order valence-corrected chi connectivity index (χ1v) is 7.80. The zero-order valence-electron chi connectivity index (χ0n) is 13.9. The monoisotopic (exact) mass is 337 g/mol. The van der Waals surface area contributed by atoms with E-state index < -0.39 is 0 Å². The Morgan fingerprint density at radius 1 is 1.04 bits per heavy atom. The highest BCUT2D eigenvalue weighted by Gasteiger charge is 2.10. The predicted molar refractivity (Wildman–Crippen MR) is 93.6 cm³/mol. The minimum absolute atomic E-state index is 0.134. The molecule has 0 aliphatic carbocycles. The topological polar surface area (TPSA) is 91.2 Å². The van der Waals surface area contributed by atoms with Gasteiger partial charge in [0.2, 0.25) is 11.8 Å². The van der Waals surface area contributed by atoms with Crippen LogP contribution in [-0.2, 0) is 14.3 Å². The molecule has 2 amide bonds. The second-order valence-electron chi connectivity index (χ2n) is 5.43. The maximum absolute atomic E-state index is 11.8. The Kier molecular flexibility index (Phi) is 6.69. The Morgan fingerprint density at radius 3 is 2.32 bits per heavy atom. The molecular formula is C19H19N3O3. The molecule has 0 saturated heterocycles. The molecule has 0 aliphatic heterocycles. The van der Waals surface area contributed by atoms with Crippen molar-refractivity contribution in [2.75, 3.05) is 18.5 Å². The van der Waals surface area contributed by atoms with E-state index in [-0.39, 0.29) is 31.1 Å². The molecule has 2 N–H and O–H groups in total. The number of nitriles is 1. The standard InChI is InChI=1S/C19H19N3O3/c1-14(16-5-3-2-4-6-16)21-18(23)12-25-13-19(24)22-17-9-7-15(11-20)8-10-17/h2-10,14H,12-13H2,1H3,(H,21,23)(H,22,24). The van der Waals surface area contributed by atoms with Gasteiger partial charge in [-0.1, -0.05) is 30.3 Å². The van der Waals surface area contributed by atoms with Gasteiger partial charge in [-0.25, -0.2) is 0 Å². The van der Waals surface area contributed by atoms with Crippen LogP contribution in [0.25, 0.3) is 0 Å². The van der Waals surface area contributed by atoms with Gasteiger partial charge >= 0.3 is 0 Å². The third kappa shape index (κ3) is 6.09. The number of nitrogens with one attached hydrogen (secondary N) is 2. The number of carbonyl (C=O) groups excluding carboxylic acids is 2. The van der Waals surface area contributed by atoms with E-state index in [1.165, 1.54) is 0 Å². The highest BCUT2D eigenvalue weighted by Crippen LogP contribution is 2.11. The second kappa shape index (κ2) is 9.21. The van der Waals surface area contributed by atoms with Crippen molar-refractivity contribution in [2.45, 2.75) is 13.0 Å². The van der Waals surface area contributed by atoms with Gasteiger partial charge in [0.05, 0.1) is 17.7 Å². The van der Waals surface area contributed by atoms with Crippen LogP contribution in [0.2, 0.25) is 0 Å². The Labute approximate surface area is 146 Å². The summed E-state index contributed by atoms with van der Waals surface area (Å²) in [6, 6.07) is 17.9. The number of ether oxygens (including phenoxy) is 1. The van der Waals surface area contributed by atoms with E-state index in [1.807, 2.05) is 43.3 Å². The summed E-state index contributed by atoms with van der Waals surface area (Å²) >= 11 is 0. The molecule has 0 heterocycles. The van der Waals surface area contributed by atoms with E-state index in [0.29, 0.717) is 11.3 Å². The number of amides is 2. The lowest BCUT2D eigenvalue weighted by Gasteiger charge is -2.14.